The first-order chi connectivity index (χ1) is 13.0. The van der Waals surface area contributed by atoms with Crippen LogP contribution in [-0.4, -0.2) is 56.1 Å². The fourth-order valence-corrected chi connectivity index (χ4v) is 3.18. The third-order valence-corrected chi connectivity index (χ3v) is 4.63. The summed E-state index contributed by atoms with van der Waals surface area (Å²) in [6.07, 6.45) is 0. The molecule has 0 aromatic heterocycles. The third kappa shape index (κ3) is 3.79. The molecule has 2 aromatic carbocycles. The third-order valence-electron chi connectivity index (χ3n) is 4.63. The summed E-state index contributed by atoms with van der Waals surface area (Å²) in [6, 6.07) is 11.7. The predicted molar refractivity (Wildman–Crippen MR) is 101 cm³/mol. The number of nitro benzene ring substituents is 1. The molecule has 8 nitrogen and oxygen atoms in total. The molecule has 2 aromatic rings. The van der Waals surface area contributed by atoms with E-state index in [0.29, 0.717) is 43.2 Å². The minimum atomic E-state index is -0.415. The van der Waals surface area contributed by atoms with Crippen molar-refractivity contribution in [3.63, 3.8) is 0 Å². The van der Waals surface area contributed by atoms with Crippen LogP contribution in [0.3, 0.4) is 0 Å². The number of rotatable bonds is 5. The minimum absolute atomic E-state index is 0.0673. The average molecular weight is 371 g/mol. The summed E-state index contributed by atoms with van der Waals surface area (Å²) in [5, 5.41) is 10.8. The van der Waals surface area contributed by atoms with Crippen molar-refractivity contribution in [1.29, 1.82) is 0 Å². The van der Waals surface area contributed by atoms with E-state index in [0.717, 1.165) is 5.69 Å². The average Bonchev–Trinajstić information content (AvgIpc) is 2.72. The summed E-state index contributed by atoms with van der Waals surface area (Å²) < 4.78 is 10.6. The van der Waals surface area contributed by atoms with E-state index >= 15 is 0 Å². The Bertz CT molecular complexity index is 830. The van der Waals surface area contributed by atoms with Gasteiger partial charge < -0.3 is 19.3 Å². The first kappa shape index (κ1) is 18.5. The number of para-hydroxylation sites is 1. The first-order valence-electron chi connectivity index (χ1n) is 8.55. The Morgan fingerprint density at radius 2 is 1.67 bits per heavy atom. The Labute approximate surface area is 157 Å². The van der Waals surface area contributed by atoms with E-state index in [1.165, 1.54) is 26.4 Å². The van der Waals surface area contributed by atoms with Gasteiger partial charge in [-0.15, -0.1) is 0 Å². The molecular formula is C19H21N3O5. The molecule has 1 aliphatic rings. The molecule has 0 N–H and O–H groups in total. The lowest BCUT2D eigenvalue weighted by Gasteiger charge is -2.36. The maximum Gasteiger partial charge on any atom is 0.269 e. The van der Waals surface area contributed by atoms with E-state index in [1.54, 1.807) is 35.2 Å². The molecule has 1 aliphatic heterocycles. The van der Waals surface area contributed by atoms with Crippen LogP contribution in [0.4, 0.5) is 11.4 Å². The number of benzene rings is 2. The van der Waals surface area contributed by atoms with Crippen molar-refractivity contribution in [2.24, 2.45) is 0 Å². The number of nitro groups is 1. The highest BCUT2D eigenvalue weighted by atomic mass is 16.6. The van der Waals surface area contributed by atoms with Crippen LogP contribution in [0.2, 0.25) is 0 Å². The van der Waals surface area contributed by atoms with Gasteiger partial charge >= 0.3 is 0 Å². The van der Waals surface area contributed by atoms with Crippen molar-refractivity contribution >= 4 is 17.3 Å². The Kier molecular flexibility index (Phi) is 5.44. The highest BCUT2D eigenvalue weighted by Gasteiger charge is 2.26. The van der Waals surface area contributed by atoms with Crippen LogP contribution < -0.4 is 14.4 Å². The number of piperazine rings is 1. The van der Waals surface area contributed by atoms with Gasteiger partial charge in [0.2, 0.25) is 0 Å². The van der Waals surface area contributed by atoms with Gasteiger partial charge in [0.05, 0.1) is 24.7 Å². The number of amides is 1. The molecule has 0 atom stereocenters. The smallest absolute Gasteiger partial charge is 0.269 e. The van der Waals surface area contributed by atoms with Gasteiger partial charge in [-0.3, -0.25) is 14.9 Å². The Morgan fingerprint density at radius 1 is 1.00 bits per heavy atom. The predicted octanol–water partition coefficient (Wildman–Crippen LogP) is 2.57. The van der Waals surface area contributed by atoms with Crippen LogP contribution in [0.1, 0.15) is 10.4 Å². The van der Waals surface area contributed by atoms with E-state index < -0.39 is 4.92 Å². The molecule has 0 spiro atoms. The molecule has 0 radical (unpaired) electrons. The van der Waals surface area contributed by atoms with Gasteiger partial charge in [-0.05, 0) is 24.3 Å². The number of non-ortho nitro benzene ring substituents is 1. The van der Waals surface area contributed by atoms with Gasteiger partial charge in [-0.2, -0.15) is 0 Å². The van der Waals surface area contributed by atoms with Crippen LogP contribution in [-0.2, 0) is 0 Å². The van der Waals surface area contributed by atoms with Crippen LogP contribution in [0.15, 0.2) is 42.5 Å². The molecule has 1 heterocycles. The number of nitrogens with zero attached hydrogens (tertiary/aromatic N) is 3. The van der Waals surface area contributed by atoms with E-state index in [2.05, 4.69) is 4.90 Å². The number of methoxy groups -OCH3 is 2. The number of anilines is 1. The quantitative estimate of drug-likeness (QED) is 0.593. The second kappa shape index (κ2) is 7.94. The highest BCUT2D eigenvalue weighted by molar-refractivity contribution is 5.98. The SMILES string of the molecule is COc1cccc(C(=O)N2CCN(c3ccc([N+](=O)[O-])cc3)CC2)c1OC. The first-order valence-corrected chi connectivity index (χ1v) is 8.55. The molecule has 3 rings (SSSR count). The minimum Gasteiger partial charge on any atom is -0.493 e. The van der Waals surface area contributed by atoms with Gasteiger partial charge in [0, 0.05) is 44.0 Å². The number of ether oxygens (including phenoxy) is 2. The zero-order valence-electron chi connectivity index (χ0n) is 15.3. The lowest BCUT2D eigenvalue weighted by Crippen LogP contribution is -2.48. The Morgan fingerprint density at radius 3 is 2.22 bits per heavy atom. The number of hydrogen-bond acceptors (Lipinski definition) is 6. The van der Waals surface area contributed by atoms with E-state index in [4.69, 9.17) is 9.47 Å². The second-order valence-corrected chi connectivity index (χ2v) is 6.09. The second-order valence-electron chi connectivity index (χ2n) is 6.09. The molecule has 0 aliphatic carbocycles. The molecule has 8 heteroatoms. The number of carbonyl (C=O) groups excluding carboxylic acids is 1. The van der Waals surface area contributed by atoms with Gasteiger partial charge in [0.15, 0.2) is 11.5 Å². The molecule has 0 bridgehead atoms. The number of hydrogen-bond donors (Lipinski definition) is 0. The number of carbonyl (C=O) groups is 1. The standard InChI is InChI=1S/C19H21N3O5/c1-26-17-5-3-4-16(18(17)27-2)19(23)21-12-10-20(11-13-21)14-6-8-15(9-7-14)22(24)25/h3-9H,10-13H2,1-2H3. The van der Waals surface area contributed by atoms with E-state index in [1.807, 2.05) is 0 Å². The molecular weight excluding hydrogens is 350 g/mol. The topological polar surface area (TPSA) is 85.2 Å². The maximum absolute atomic E-state index is 12.9. The van der Waals surface area contributed by atoms with Crippen LogP contribution in [0.5, 0.6) is 11.5 Å². The summed E-state index contributed by atoms with van der Waals surface area (Å²) in [5.74, 6) is 0.852. The fourth-order valence-electron chi connectivity index (χ4n) is 3.18. The highest BCUT2D eigenvalue weighted by Crippen LogP contribution is 2.32. The van der Waals surface area contributed by atoms with Gasteiger partial charge in [-0.1, -0.05) is 6.07 Å². The largest absolute Gasteiger partial charge is 0.493 e. The van der Waals surface area contributed by atoms with Crippen LogP contribution in [0, 0.1) is 10.1 Å². The van der Waals surface area contributed by atoms with Gasteiger partial charge in [0.1, 0.15) is 0 Å². The van der Waals surface area contributed by atoms with Crippen molar-refractivity contribution < 1.29 is 19.2 Å². The van der Waals surface area contributed by atoms with Crippen LogP contribution >= 0.6 is 0 Å². The Balaban J connectivity index is 1.69. The molecule has 1 amide bonds. The van der Waals surface area contributed by atoms with E-state index in [-0.39, 0.29) is 11.6 Å². The van der Waals surface area contributed by atoms with Gasteiger partial charge in [0.25, 0.3) is 11.6 Å². The molecule has 0 unspecified atom stereocenters. The van der Waals surface area contributed by atoms with E-state index in [9.17, 15) is 14.9 Å². The summed E-state index contributed by atoms with van der Waals surface area (Å²) in [6.45, 7) is 2.40. The molecule has 0 saturated carbocycles. The molecule has 1 fully saturated rings. The van der Waals surface area contributed by atoms with Crippen molar-refractivity contribution in [3.8, 4) is 11.5 Å². The summed E-state index contributed by atoms with van der Waals surface area (Å²) in [4.78, 5) is 27.1. The van der Waals surface area contributed by atoms with Crippen LogP contribution in [0.25, 0.3) is 0 Å². The lowest BCUT2D eigenvalue weighted by molar-refractivity contribution is -0.384. The summed E-state index contributed by atoms with van der Waals surface area (Å²) >= 11 is 0. The molecule has 142 valence electrons. The van der Waals surface area contributed by atoms with Crippen molar-refractivity contribution in [2.45, 2.75) is 0 Å². The zero-order chi connectivity index (χ0) is 19.4. The van der Waals surface area contributed by atoms with Crippen molar-refractivity contribution in [1.82, 2.24) is 4.90 Å². The zero-order valence-corrected chi connectivity index (χ0v) is 15.3. The van der Waals surface area contributed by atoms with Gasteiger partial charge in [-0.25, -0.2) is 0 Å². The normalized spacial score (nSPS) is 14.0. The summed E-state index contributed by atoms with van der Waals surface area (Å²) in [7, 11) is 3.05. The van der Waals surface area contributed by atoms with Crippen molar-refractivity contribution in [2.75, 3.05) is 45.3 Å². The summed E-state index contributed by atoms with van der Waals surface area (Å²) in [5.41, 5.74) is 1.45. The molecule has 27 heavy (non-hydrogen) atoms. The van der Waals surface area contributed by atoms with Crippen molar-refractivity contribution in [3.05, 3.63) is 58.1 Å². The Hall–Kier alpha value is -3.29. The maximum atomic E-state index is 12.9. The molecule has 1 saturated heterocycles. The lowest BCUT2D eigenvalue weighted by atomic mass is 10.1. The fraction of sp³-hybridized carbons (Fsp3) is 0.316. The monoisotopic (exact) mass is 371 g/mol.